The lowest BCUT2D eigenvalue weighted by atomic mass is 10.2. The van der Waals surface area contributed by atoms with E-state index in [0.717, 1.165) is 4.70 Å². The quantitative estimate of drug-likeness (QED) is 0.718. The first-order valence-corrected chi connectivity index (χ1v) is 8.03. The van der Waals surface area contributed by atoms with Crippen LogP contribution in [0.3, 0.4) is 0 Å². The third-order valence-electron chi connectivity index (χ3n) is 3.26. The molecule has 0 saturated carbocycles. The number of primary amides is 1. The van der Waals surface area contributed by atoms with Gasteiger partial charge in [0.1, 0.15) is 11.3 Å². The first kappa shape index (κ1) is 15.9. The first-order valence-electron chi connectivity index (χ1n) is 7.21. The van der Waals surface area contributed by atoms with E-state index in [2.05, 4.69) is 4.98 Å². The molecule has 24 heavy (non-hydrogen) atoms. The SMILES string of the molecule is CCOC(=O)c1ccccc1Oc1cncc2sc(C(N)=O)cc12. The Balaban J connectivity index is 2.02. The van der Waals surface area contributed by atoms with Gasteiger partial charge in [-0.2, -0.15) is 0 Å². The number of aromatic nitrogens is 1. The van der Waals surface area contributed by atoms with Gasteiger partial charge in [0.05, 0.1) is 22.4 Å². The number of nitrogens with two attached hydrogens (primary N) is 1. The molecule has 7 heteroatoms. The molecule has 2 N–H and O–H groups in total. The summed E-state index contributed by atoms with van der Waals surface area (Å²) >= 11 is 1.24. The summed E-state index contributed by atoms with van der Waals surface area (Å²) in [6, 6.07) is 8.45. The normalized spacial score (nSPS) is 10.5. The molecule has 3 aromatic rings. The Kier molecular flexibility index (Phi) is 4.43. The maximum atomic E-state index is 12.0. The molecule has 0 atom stereocenters. The number of carbonyl (C=O) groups is 2. The Bertz CT molecular complexity index is 920. The molecule has 1 aromatic carbocycles. The Morgan fingerprint density at radius 2 is 2.00 bits per heavy atom. The summed E-state index contributed by atoms with van der Waals surface area (Å²) in [5, 5.41) is 0.711. The van der Waals surface area contributed by atoms with Crippen molar-refractivity contribution in [3.8, 4) is 11.5 Å². The summed E-state index contributed by atoms with van der Waals surface area (Å²) in [4.78, 5) is 27.9. The highest BCUT2D eigenvalue weighted by molar-refractivity contribution is 7.20. The Labute approximate surface area is 141 Å². The fraction of sp³-hybridized carbons (Fsp3) is 0.118. The number of thiophene rings is 1. The molecule has 0 saturated heterocycles. The van der Waals surface area contributed by atoms with Gasteiger partial charge in [0.25, 0.3) is 5.91 Å². The van der Waals surface area contributed by atoms with E-state index in [9.17, 15) is 9.59 Å². The molecule has 0 spiro atoms. The van der Waals surface area contributed by atoms with Crippen LogP contribution in [-0.2, 0) is 4.74 Å². The lowest BCUT2D eigenvalue weighted by Gasteiger charge is -2.10. The van der Waals surface area contributed by atoms with E-state index >= 15 is 0 Å². The molecule has 3 rings (SSSR count). The third kappa shape index (κ3) is 3.07. The summed E-state index contributed by atoms with van der Waals surface area (Å²) < 4.78 is 11.7. The van der Waals surface area contributed by atoms with Crippen LogP contribution in [0.5, 0.6) is 11.5 Å². The number of rotatable bonds is 5. The molecule has 0 fully saturated rings. The lowest BCUT2D eigenvalue weighted by molar-refractivity contribution is 0.0523. The van der Waals surface area contributed by atoms with E-state index < -0.39 is 11.9 Å². The smallest absolute Gasteiger partial charge is 0.341 e. The van der Waals surface area contributed by atoms with Crippen molar-refractivity contribution in [3.05, 3.63) is 53.2 Å². The number of ether oxygens (including phenoxy) is 2. The number of amides is 1. The van der Waals surface area contributed by atoms with Crippen LogP contribution in [-0.4, -0.2) is 23.5 Å². The second kappa shape index (κ2) is 6.67. The van der Waals surface area contributed by atoms with Crippen molar-refractivity contribution < 1.29 is 19.1 Å². The average molecular weight is 342 g/mol. The highest BCUT2D eigenvalue weighted by Crippen LogP contribution is 2.35. The fourth-order valence-corrected chi connectivity index (χ4v) is 3.09. The molecule has 0 unspecified atom stereocenters. The molecule has 0 bridgehead atoms. The van der Waals surface area contributed by atoms with Crippen LogP contribution in [0, 0.1) is 0 Å². The van der Waals surface area contributed by atoms with Crippen molar-refractivity contribution in [3.63, 3.8) is 0 Å². The molecule has 2 heterocycles. The van der Waals surface area contributed by atoms with E-state index in [-0.39, 0.29) is 6.61 Å². The van der Waals surface area contributed by atoms with Gasteiger partial charge in [0, 0.05) is 11.6 Å². The molecule has 6 nitrogen and oxygen atoms in total. The molecule has 0 aliphatic rings. The zero-order chi connectivity index (χ0) is 17.1. The van der Waals surface area contributed by atoms with Gasteiger partial charge in [-0.15, -0.1) is 11.3 Å². The molecular weight excluding hydrogens is 328 g/mol. The number of fused-ring (bicyclic) bond motifs is 1. The van der Waals surface area contributed by atoms with Crippen LogP contribution in [0.15, 0.2) is 42.7 Å². The van der Waals surface area contributed by atoms with Crippen LogP contribution >= 0.6 is 11.3 Å². The first-order chi connectivity index (χ1) is 11.6. The minimum absolute atomic E-state index is 0.275. The predicted molar refractivity (Wildman–Crippen MR) is 90.6 cm³/mol. The van der Waals surface area contributed by atoms with E-state index in [4.69, 9.17) is 15.2 Å². The van der Waals surface area contributed by atoms with E-state index in [1.807, 2.05) is 0 Å². The minimum atomic E-state index is -0.505. The van der Waals surface area contributed by atoms with Gasteiger partial charge in [-0.05, 0) is 25.1 Å². The number of esters is 1. The van der Waals surface area contributed by atoms with Gasteiger partial charge >= 0.3 is 5.97 Å². The summed E-state index contributed by atoms with van der Waals surface area (Å²) in [7, 11) is 0. The van der Waals surface area contributed by atoms with Gasteiger partial charge in [0.15, 0.2) is 5.75 Å². The third-order valence-corrected chi connectivity index (χ3v) is 4.34. The molecule has 122 valence electrons. The number of nitrogens with zero attached hydrogens (tertiary/aromatic N) is 1. The van der Waals surface area contributed by atoms with Crippen molar-refractivity contribution in [2.24, 2.45) is 5.73 Å². The topological polar surface area (TPSA) is 91.5 Å². The number of benzene rings is 1. The van der Waals surface area contributed by atoms with Gasteiger partial charge in [0.2, 0.25) is 0 Å². The molecule has 0 radical (unpaired) electrons. The van der Waals surface area contributed by atoms with Gasteiger partial charge in [-0.1, -0.05) is 12.1 Å². The van der Waals surface area contributed by atoms with Crippen molar-refractivity contribution in [2.75, 3.05) is 6.61 Å². The second-order valence-corrected chi connectivity index (χ2v) is 5.93. The van der Waals surface area contributed by atoms with Crippen LogP contribution in [0.2, 0.25) is 0 Å². The maximum Gasteiger partial charge on any atom is 0.341 e. The van der Waals surface area contributed by atoms with Crippen LogP contribution < -0.4 is 10.5 Å². The molecule has 0 aliphatic carbocycles. The van der Waals surface area contributed by atoms with E-state index in [1.165, 1.54) is 17.5 Å². The lowest BCUT2D eigenvalue weighted by Crippen LogP contribution is -2.08. The van der Waals surface area contributed by atoms with Crippen LogP contribution in [0.25, 0.3) is 10.1 Å². The van der Waals surface area contributed by atoms with Crippen LogP contribution in [0.4, 0.5) is 0 Å². The number of pyridine rings is 1. The highest BCUT2D eigenvalue weighted by atomic mass is 32.1. The zero-order valence-electron chi connectivity index (χ0n) is 12.8. The van der Waals surface area contributed by atoms with Crippen molar-refractivity contribution in [2.45, 2.75) is 6.92 Å². The largest absolute Gasteiger partial charge is 0.462 e. The molecule has 0 aliphatic heterocycles. The van der Waals surface area contributed by atoms with Gasteiger partial charge in [-0.3, -0.25) is 9.78 Å². The number of carbonyl (C=O) groups excluding carboxylic acids is 2. The number of hydrogen-bond acceptors (Lipinski definition) is 6. The maximum absolute atomic E-state index is 12.0. The number of para-hydroxylation sites is 1. The predicted octanol–water partition coefficient (Wildman–Crippen LogP) is 3.36. The zero-order valence-corrected chi connectivity index (χ0v) is 13.6. The van der Waals surface area contributed by atoms with Crippen molar-refractivity contribution in [1.29, 1.82) is 0 Å². The molecular formula is C17H14N2O4S. The summed E-state index contributed by atoms with van der Waals surface area (Å²) in [6.07, 6.45) is 3.16. The van der Waals surface area contributed by atoms with Crippen molar-refractivity contribution >= 4 is 33.3 Å². The molecule has 1 amide bonds. The Hall–Kier alpha value is -2.93. The van der Waals surface area contributed by atoms with Crippen molar-refractivity contribution in [1.82, 2.24) is 4.98 Å². The highest BCUT2D eigenvalue weighted by Gasteiger charge is 2.16. The van der Waals surface area contributed by atoms with Gasteiger partial charge < -0.3 is 15.2 Å². The van der Waals surface area contributed by atoms with Crippen LogP contribution in [0.1, 0.15) is 27.0 Å². The summed E-state index contributed by atoms with van der Waals surface area (Å²) in [5.74, 6) is -0.171. The number of hydrogen-bond donors (Lipinski definition) is 1. The standard InChI is InChI=1S/C17H14N2O4S/c1-2-22-17(21)10-5-3-4-6-12(10)23-13-8-19-9-15-11(13)7-14(24-15)16(18)20/h3-9H,2H2,1H3,(H2,18,20). The summed E-state index contributed by atoms with van der Waals surface area (Å²) in [6.45, 7) is 2.01. The fourth-order valence-electron chi connectivity index (χ4n) is 2.19. The second-order valence-electron chi connectivity index (χ2n) is 4.84. The van der Waals surface area contributed by atoms with E-state index in [0.29, 0.717) is 27.3 Å². The minimum Gasteiger partial charge on any atom is -0.462 e. The Morgan fingerprint density at radius 1 is 1.21 bits per heavy atom. The van der Waals surface area contributed by atoms with E-state index in [1.54, 1.807) is 43.5 Å². The Morgan fingerprint density at radius 3 is 2.75 bits per heavy atom. The van der Waals surface area contributed by atoms with Gasteiger partial charge in [-0.25, -0.2) is 4.79 Å². The average Bonchev–Trinajstić information content (AvgIpc) is 3.01. The summed E-state index contributed by atoms with van der Waals surface area (Å²) in [5.41, 5.74) is 5.65. The monoisotopic (exact) mass is 342 g/mol. The molecule has 2 aromatic heterocycles.